The van der Waals surface area contributed by atoms with Gasteiger partial charge in [0.05, 0.1) is 16.9 Å². The molecule has 0 radical (unpaired) electrons. The van der Waals surface area contributed by atoms with Crippen LogP contribution in [-0.2, 0) is 6.42 Å². The van der Waals surface area contributed by atoms with Gasteiger partial charge in [0.2, 0.25) is 0 Å². The zero-order valence-corrected chi connectivity index (χ0v) is 5.37. The SMILES string of the molecule is CCc1[nH]ncc1Cl. The van der Waals surface area contributed by atoms with E-state index in [2.05, 4.69) is 10.2 Å². The highest BCUT2D eigenvalue weighted by Crippen LogP contribution is 2.10. The Balaban J connectivity index is 2.92. The third kappa shape index (κ3) is 0.842. The standard InChI is InChI=1S/C5H7ClN2/c1-2-5-4(6)3-7-8-5/h3H,2H2,1H3,(H,7,8). The summed E-state index contributed by atoms with van der Waals surface area (Å²) in [5, 5.41) is 7.24. The lowest BCUT2D eigenvalue weighted by atomic mass is 10.3. The van der Waals surface area contributed by atoms with Crippen LogP contribution in [0.4, 0.5) is 0 Å². The molecule has 0 fully saturated rings. The Morgan fingerprint density at radius 3 is 2.88 bits per heavy atom. The number of aromatic amines is 1. The lowest BCUT2D eigenvalue weighted by Gasteiger charge is -1.84. The van der Waals surface area contributed by atoms with Crippen LogP contribution >= 0.6 is 11.6 Å². The molecule has 0 saturated heterocycles. The van der Waals surface area contributed by atoms with Crippen LogP contribution < -0.4 is 0 Å². The highest BCUT2D eigenvalue weighted by molar-refractivity contribution is 6.31. The topological polar surface area (TPSA) is 28.7 Å². The molecule has 8 heavy (non-hydrogen) atoms. The number of hydrogen-bond donors (Lipinski definition) is 1. The summed E-state index contributed by atoms with van der Waals surface area (Å²) in [6, 6.07) is 0. The van der Waals surface area contributed by atoms with Gasteiger partial charge in [-0.15, -0.1) is 0 Å². The van der Waals surface area contributed by atoms with Crippen molar-refractivity contribution in [2.75, 3.05) is 0 Å². The second-order valence-corrected chi connectivity index (χ2v) is 1.96. The first-order valence-corrected chi connectivity index (χ1v) is 2.90. The zero-order chi connectivity index (χ0) is 5.98. The van der Waals surface area contributed by atoms with Crippen molar-refractivity contribution >= 4 is 11.6 Å². The Labute approximate surface area is 52.9 Å². The predicted molar refractivity (Wildman–Crippen MR) is 33.0 cm³/mol. The predicted octanol–water partition coefficient (Wildman–Crippen LogP) is 1.63. The average molecular weight is 131 g/mol. The molecule has 0 aromatic carbocycles. The molecule has 0 aliphatic rings. The number of hydrogen-bond acceptors (Lipinski definition) is 1. The molecule has 0 aliphatic carbocycles. The van der Waals surface area contributed by atoms with Gasteiger partial charge in [-0.3, -0.25) is 5.10 Å². The van der Waals surface area contributed by atoms with Gasteiger partial charge in [-0.1, -0.05) is 18.5 Å². The van der Waals surface area contributed by atoms with Gasteiger partial charge >= 0.3 is 0 Å². The molecule has 0 unspecified atom stereocenters. The Kier molecular flexibility index (Phi) is 1.53. The zero-order valence-electron chi connectivity index (χ0n) is 4.61. The fourth-order valence-electron chi connectivity index (χ4n) is 0.546. The number of nitrogens with one attached hydrogen (secondary N) is 1. The molecule has 44 valence electrons. The highest BCUT2D eigenvalue weighted by Gasteiger charge is 1.95. The van der Waals surface area contributed by atoms with Crippen LogP contribution in [0.2, 0.25) is 5.02 Å². The van der Waals surface area contributed by atoms with Crippen molar-refractivity contribution in [2.24, 2.45) is 0 Å². The lowest BCUT2D eigenvalue weighted by Crippen LogP contribution is -1.78. The van der Waals surface area contributed by atoms with E-state index in [1.54, 1.807) is 6.20 Å². The summed E-state index contributed by atoms with van der Waals surface area (Å²) in [4.78, 5) is 0. The number of halogens is 1. The van der Waals surface area contributed by atoms with Crippen molar-refractivity contribution in [1.82, 2.24) is 10.2 Å². The molecule has 0 saturated carbocycles. The van der Waals surface area contributed by atoms with Gasteiger partial charge in [0, 0.05) is 0 Å². The van der Waals surface area contributed by atoms with Crippen molar-refractivity contribution in [3.63, 3.8) is 0 Å². The van der Waals surface area contributed by atoms with Gasteiger partial charge in [-0.2, -0.15) is 5.10 Å². The number of rotatable bonds is 1. The van der Waals surface area contributed by atoms with E-state index < -0.39 is 0 Å². The molecule has 0 bridgehead atoms. The van der Waals surface area contributed by atoms with Crippen molar-refractivity contribution in [2.45, 2.75) is 13.3 Å². The van der Waals surface area contributed by atoms with Crippen molar-refractivity contribution in [3.8, 4) is 0 Å². The summed E-state index contributed by atoms with van der Waals surface area (Å²) in [6.45, 7) is 2.03. The van der Waals surface area contributed by atoms with Crippen LogP contribution in [-0.4, -0.2) is 10.2 Å². The van der Waals surface area contributed by atoms with E-state index in [0.29, 0.717) is 0 Å². The Morgan fingerprint density at radius 1 is 1.88 bits per heavy atom. The number of aryl methyl sites for hydroxylation is 1. The van der Waals surface area contributed by atoms with Gasteiger partial charge in [-0.25, -0.2) is 0 Å². The number of H-pyrrole nitrogens is 1. The van der Waals surface area contributed by atoms with Crippen LogP contribution in [0, 0.1) is 0 Å². The van der Waals surface area contributed by atoms with Gasteiger partial charge in [0.1, 0.15) is 0 Å². The van der Waals surface area contributed by atoms with Gasteiger partial charge in [-0.05, 0) is 6.42 Å². The fraction of sp³-hybridized carbons (Fsp3) is 0.400. The van der Waals surface area contributed by atoms with Gasteiger partial charge in [0.25, 0.3) is 0 Å². The van der Waals surface area contributed by atoms with E-state index in [4.69, 9.17) is 11.6 Å². The average Bonchev–Trinajstić information content (AvgIpc) is 2.14. The molecule has 1 aromatic heterocycles. The third-order valence-corrected chi connectivity index (χ3v) is 1.34. The molecule has 0 spiro atoms. The Morgan fingerprint density at radius 2 is 2.62 bits per heavy atom. The molecule has 2 nitrogen and oxygen atoms in total. The molecule has 0 aliphatic heterocycles. The summed E-state index contributed by atoms with van der Waals surface area (Å²) in [5.74, 6) is 0. The summed E-state index contributed by atoms with van der Waals surface area (Å²) in [5.41, 5.74) is 1.01. The summed E-state index contributed by atoms with van der Waals surface area (Å²) in [6.07, 6.45) is 2.53. The van der Waals surface area contributed by atoms with Crippen LogP contribution in [0.5, 0.6) is 0 Å². The molecule has 3 heteroatoms. The molecule has 1 aromatic rings. The molecule has 0 atom stereocenters. The monoisotopic (exact) mass is 130 g/mol. The van der Waals surface area contributed by atoms with E-state index in [1.807, 2.05) is 6.92 Å². The van der Waals surface area contributed by atoms with Crippen LogP contribution in [0.1, 0.15) is 12.6 Å². The smallest absolute Gasteiger partial charge is 0.0815 e. The fourth-order valence-corrected chi connectivity index (χ4v) is 0.771. The highest BCUT2D eigenvalue weighted by atomic mass is 35.5. The van der Waals surface area contributed by atoms with E-state index in [1.165, 1.54) is 0 Å². The maximum atomic E-state index is 5.65. The lowest BCUT2D eigenvalue weighted by molar-refractivity contribution is 0.975. The van der Waals surface area contributed by atoms with Crippen molar-refractivity contribution in [1.29, 1.82) is 0 Å². The molecular formula is C5H7ClN2. The van der Waals surface area contributed by atoms with Crippen molar-refractivity contribution in [3.05, 3.63) is 16.9 Å². The summed E-state index contributed by atoms with van der Waals surface area (Å²) < 4.78 is 0. The maximum Gasteiger partial charge on any atom is 0.0815 e. The van der Waals surface area contributed by atoms with E-state index in [9.17, 15) is 0 Å². The van der Waals surface area contributed by atoms with Crippen molar-refractivity contribution < 1.29 is 0 Å². The minimum atomic E-state index is 0.729. The third-order valence-electron chi connectivity index (χ3n) is 1.02. The number of aromatic nitrogens is 2. The molecule has 0 amide bonds. The second-order valence-electron chi connectivity index (χ2n) is 1.55. The quantitative estimate of drug-likeness (QED) is 0.615. The van der Waals surface area contributed by atoms with Crippen LogP contribution in [0.15, 0.2) is 6.20 Å². The molecule has 1 heterocycles. The summed E-state index contributed by atoms with van der Waals surface area (Å²) in [7, 11) is 0. The van der Waals surface area contributed by atoms with E-state index >= 15 is 0 Å². The number of nitrogens with zero attached hydrogens (tertiary/aromatic N) is 1. The van der Waals surface area contributed by atoms with E-state index in [-0.39, 0.29) is 0 Å². The van der Waals surface area contributed by atoms with Crippen LogP contribution in [0.25, 0.3) is 0 Å². The second kappa shape index (κ2) is 2.18. The maximum absolute atomic E-state index is 5.65. The minimum absolute atomic E-state index is 0.729. The Hall–Kier alpha value is -0.500. The van der Waals surface area contributed by atoms with Gasteiger partial charge in [0.15, 0.2) is 0 Å². The first-order valence-electron chi connectivity index (χ1n) is 2.52. The normalized spacial score (nSPS) is 9.75. The first-order chi connectivity index (χ1) is 3.84. The van der Waals surface area contributed by atoms with E-state index in [0.717, 1.165) is 17.1 Å². The molecule has 1 N–H and O–H groups in total. The van der Waals surface area contributed by atoms with Crippen LogP contribution in [0.3, 0.4) is 0 Å². The molecular weight excluding hydrogens is 124 g/mol. The largest absolute Gasteiger partial charge is 0.281 e. The Bertz CT molecular complexity index is 171. The summed E-state index contributed by atoms with van der Waals surface area (Å²) >= 11 is 5.65. The minimum Gasteiger partial charge on any atom is -0.281 e. The first kappa shape index (κ1) is 5.63. The molecule has 1 rings (SSSR count). The van der Waals surface area contributed by atoms with Gasteiger partial charge < -0.3 is 0 Å².